The second kappa shape index (κ2) is 10.6. The summed E-state index contributed by atoms with van der Waals surface area (Å²) < 4.78 is 0. The summed E-state index contributed by atoms with van der Waals surface area (Å²) in [6, 6.07) is 5.83. The summed E-state index contributed by atoms with van der Waals surface area (Å²) in [6.45, 7) is 0. The Kier molecular flexibility index (Phi) is 7.38. The zero-order chi connectivity index (χ0) is 20.6. The highest BCUT2D eigenvalue weighted by Crippen LogP contribution is 2.29. The Morgan fingerprint density at radius 1 is 0.833 bits per heavy atom. The fourth-order valence-electron chi connectivity index (χ4n) is 3.00. The van der Waals surface area contributed by atoms with Gasteiger partial charge < -0.3 is 10.6 Å². The first kappa shape index (κ1) is 20.9. The highest BCUT2D eigenvalue weighted by Gasteiger charge is 2.16. The van der Waals surface area contributed by atoms with Gasteiger partial charge in [0.2, 0.25) is 5.95 Å². The molecular weight excluding hydrogens is 436 g/mol. The van der Waals surface area contributed by atoms with Gasteiger partial charge in [-0.2, -0.15) is 0 Å². The molecule has 154 valence electrons. The number of rotatable bonds is 6. The summed E-state index contributed by atoms with van der Waals surface area (Å²) in [5, 5.41) is 9.68. The maximum atomic E-state index is 5.50. The van der Waals surface area contributed by atoms with Crippen molar-refractivity contribution in [1.82, 2.24) is 35.2 Å². The average Bonchev–Trinajstić information content (AvgIpc) is 2.75. The lowest BCUT2D eigenvalue weighted by atomic mass is 9.96. The lowest BCUT2D eigenvalue weighted by molar-refractivity contribution is 0.414. The molecule has 1 saturated carbocycles. The first-order valence-electron chi connectivity index (χ1n) is 9.61. The Hall–Kier alpha value is -2.37. The van der Waals surface area contributed by atoms with E-state index in [4.69, 9.17) is 12.2 Å². The molecule has 4 rings (SSSR count). The van der Waals surface area contributed by atoms with Crippen molar-refractivity contribution in [3.8, 4) is 0 Å². The summed E-state index contributed by atoms with van der Waals surface area (Å²) in [5.74, 6) is 0.419. The molecule has 3 heterocycles. The molecule has 3 aromatic rings. The number of nitrogens with zero attached hydrogens (tertiary/aromatic N) is 6. The SMILES string of the molecule is S=C(Nc1nc(Sc2ncccn2)cc(Sc2ncccn2)n1)NC1CCCCC1. The summed E-state index contributed by atoms with van der Waals surface area (Å²) in [5.41, 5.74) is 0. The molecule has 1 aliphatic rings. The third kappa shape index (κ3) is 6.31. The van der Waals surface area contributed by atoms with Gasteiger partial charge in [-0.25, -0.2) is 29.9 Å². The van der Waals surface area contributed by atoms with Crippen molar-refractivity contribution in [2.45, 2.75) is 58.5 Å². The molecule has 0 amide bonds. The molecule has 8 nitrogen and oxygen atoms in total. The molecule has 2 N–H and O–H groups in total. The van der Waals surface area contributed by atoms with E-state index in [1.54, 1.807) is 36.9 Å². The highest BCUT2D eigenvalue weighted by atomic mass is 32.2. The van der Waals surface area contributed by atoms with E-state index >= 15 is 0 Å². The van der Waals surface area contributed by atoms with Crippen molar-refractivity contribution in [3.63, 3.8) is 0 Å². The van der Waals surface area contributed by atoms with Crippen LogP contribution in [0, 0.1) is 0 Å². The Labute approximate surface area is 188 Å². The summed E-state index contributed by atoms with van der Waals surface area (Å²) in [7, 11) is 0. The molecule has 0 bridgehead atoms. The lowest BCUT2D eigenvalue weighted by Gasteiger charge is -2.24. The van der Waals surface area contributed by atoms with Gasteiger partial charge in [0.15, 0.2) is 15.4 Å². The van der Waals surface area contributed by atoms with Gasteiger partial charge in [-0.1, -0.05) is 19.3 Å². The summed E-state index contributed by atoms with van der Waals surface area (Å²) in [4.78, 5) is 26.2. The fourth-order valence-corrected chi connectivity index (χ4v) is 4.76. The smallest absolute Gasteiger partial charge is 0.231 e. The van der Waals surface area contributed by atoms with Crippen molar-refractivity contribution < 1.29 is 0 Å². The van der Waals surface area contributed by atoms with Gasteiger partial charge in [-0.05, 0) is 60.7 Å². The first-order chi connectivity index (χ1) is 14.7. The monoisotopic (exact) mass is 456 g/mol. The van der Waals surface area contributed by atoms with Gasteiger partial charge in [0.05, 0.1) is 0 Å². The Morgan fingerprint density at radius 3 is 1.90 bits per heavy atom. The second-order valence-corrected chi connectivity index (χ2v) is 8.95. The van der Waals surface area contributed by atoms with Crippen LogP contribution in [0.25, 0.3) is 0 Å². The van der Waals surface area contributed by atoms with Gasteiger partial charge in [-0.15, -0.1) is 0 Å². The van der Waals surface area contributed by atoms with Crippen LogP contribution in [-0.4, -0.2) is 41.1 Å². The zero-order valence-electron chi connectivity index (χ0n) is 16.1. The van der Waals surface area contributed by atoms with Crippen LogP contribution in [0.3, 0.4) is 0 Å². The molecule has 0 aromatic carbocycles. The minimum Gasteiger partial charge on any atom is -0.360 e. The minimum atomic E-state index is 0.403. The maximum Gasteiger partial charge on any atom is 0.231 e. The molecule has 11 heteroatoms. The van der Waals surface area contributed by atoms with Gasteiger partial charge >= 0.3 is 0 Å². The van der Waals surface area contributed by atoms with E-state index in [0.717, 1.165) is 12.8 Å². The van der Waals surface area contributed by atoms with Crippen LogP contribution in [0.1, 0.15) is 32.1 Å². The van der Waals surface area contributed by atoms with Crippen molar-refractivity contribution in [3.05, 3.63) is 43.0 Å². The quantitative estimate of drug-likeness (QED) is 0.320. The van der Waals surface area contributed by atoms with Gasteiger partial charge in [0.1, 0.15) is 10.1 Å². The number of aromatic nitrogens is 6. The number of anilines is 1. The second-order valence-electron chi connectivity index (χ2n) is 6.57. The molecule has 0 unspecified atom stereocenters. The van der Waals surface area contributed by atoms with E-state index in [1.807, 2.05) is 6.07 Å². The first-order valence-corrected chi connectivity index (χ1v) is 11.6. The zero-order valence-corrected chi connectivity index (χ0v) is 18.5. The maximum absolute atomic E-state index is 5.50. The molecule has 0 radical (unpaired) electrons. The van der Waals surface area contributed by atoms with E-state index in [9.17, 15) is 0 Å². The average molecular weight is 457 g/mol. The molecule has 1 fully saturated rings. The minimum absolute atomic E-state index is 0.403. The lowest BCUT2D eigenvalue weighted by Crippen LogP contribution is -2.39. The normalized spacial score (nSPS) is 14.3. The van der Waals surface area contributed by atoms with E-state index in [2.05, 4.69) is 40.5 Å². The number of hydrogen-bond acceptors (Lipinski definition) is 9. The van der Waals surface area contributed by atoms with Crippen molar-refractivity contribution in [2.75, 3.05) is 5.32 Å². The fraction of sp³-hybridized carbons (Fsp3) is 0.316. The standard InChI is InChI=1S/C19H20N8S3/c28-17(24-13-6-2-1-3-7-13)27-16-25-14(29-18-20-8-4-9-21-18)12-15(26-16)30-19-22-10-5-11-23-19/h4-5,8-13H,1-3,6-7H2,(H2,24,25,26,27,28). The van der Waals surface area contributed by atoms with E-state index < -0.39 is 0 Å². The Bertz CT molecular complexity index is 908. The van der Waals surface area contributed by atoms with Crippen molar-refractivity contribution in [1.29, 1.82) is 0 Å². The Balaban J connectivity index is 1.52. The van der Waals surface area contributed by atoms with Crippen LogP contribution in [0.15, 0.2) is 63.4 Å². The molecular formula is C19H20N8S3. The van der Waals surface area contributed by atoms with Crippen LogP contribution in [0.5, 0.6) is 0 Å². The molecule has 3 aromatic heterocycles. The molecule has 30 heavy (non-hydrogen) atoms. The largest absolute Gasteiger partial charge is 0.360 e. The molecule has 0 aliphatic heterocycles. The molecule has 0 saturated heterocycles. The predicted molar refractivity (Wildman–Crippen MR) is 121 cm³/mol. The predicted octanol–water partition coefficient (Wildman–Crippen LogP) is 3.98. The van der Waals surface area contributed by atoms with Crippen LogP contribution in [0.4, 0.5) is 5.95 Å². The number of hydrogen-bond donors (Lipinski definition) is 2. The highest BCUT2D eigenvalue weighted by molar-refractivity contribution is 7.99. The summed E-state index contributed by atoms with van der Waals surface area (Å²) >= 11 is 8.21. The van der Waals surface area contributed by atoms with Crippen LogP contribution in [0.2, 0.25) is 0 Å². The van der Waals surface area contributed by atoms with Crippen molar-refractivity contribution in [2.24, 2.45) is 0 Å². The molecule has 0 spiro atoms. The molecule has 1 aliphatic carbocycles. The molecule has 0 atom stereocenters. The summed E-state index contributed by atoms with van der Waals surface area (Å²) in [6.07, 6.45) is 12.8. The van der Waals surface area contributed by atoms with Crippen LogP contribution < -0.4 is 10.6 Å². The third-order valence-electron chi connectivity index (χ3n) is 4.32. The number of nitrogens with one attached hydrogen (secondary N) is 2. The van der Waals surface area contributed by atoms with Gasteiger partial charge in [0.25, 0.3) is 0 Å². The van der Waals surface area contributed by atoms with E-state index in [-0.39, 0.29) is 0 Å². The van der Waals surface area contributed by atoms with Crippen LogP contribution >= 0.6 is 35.7 Å². The third-order valence-corrected chi connectivity index (χ3v) is 6.16. The number of thiocarbonyl (C=S) groups is 1. The van der Waals surface area contributed by atoms with E-state index in [0.29, 0.717) is 37.5 Å². The topological polar surface area (TPSA) is 101 Å². The van der Waals surface area contributed by atoms with E-state index in [1.165, 1.54) is 42.8 Å². The van der Waals surface area contributed by atoms with Gasteiger partial charge in [-0.3, -0.25) is 0 Å². The van der Waals surface area contributed by atoms with Crippen LogP contribution in [-0.2, 0) is 0 Å². The van der Waals surface area contributed by atoms with Crippen molar-refractivity contribution >= 4 is 46.8 Å². The van der Waals surface area contributed by atoms with Gasteiger partial charge in [0, 0.05) is 36.9 Å². The Morgan fingerprint density at radius 2 is 1.37 bits per heavy atom.